The van der Waals surface area contributed by atoms with Gasteiger partial charge in [0, 0.05) is 27.9 Å². The lowest BCUT2D eigenvalue weighted by Crippen LogP contribution is -2.30. The summed E-state index contributed by atoms with van der Waals surface area (Å²) in [7, 11) is -3.62. The molecule has 6 nitrogen and oxygen atoms in total. The number of fused-ring (bicyclic) bond motifs is 4. The first-order chi connectivity index (χ1) is 23.8. The Morgan fingerprint density at radius 3 is 1.49 bits per heavy atom. The maximum Gasteiger partial charge on any atom is 0.210 e. The minimum Gasteiger partial charge on any atom is -0.310 e. The fraction of sp³-hybridized carbons (Fsp3) is 0.0732. The van der Waals surface area contributed by atoms with Gasteiger partial charge >= 0.3 is 0 Å². The van der Waals surface area contributed by atoms with Crippen molar-refractivity contribution in [1.82, 2.24) is 9.36 Å². The van der Waals surface area contributed by atoms with E-state index in [-0.39, 0.29) is 5.41 Å². The van der Waals surface area contributed by atoms with Crippen molar-refractivity contribution in [3.63, 3.8) is 0 Å². The van der Waals surface area contributed by atoms with E-state index < -0.39 is 9.84 Å². The van der Waals surface area contributed by atoms with Crippen LogP contribution in [0, 0.1) is 0 Å². The molecule has 0 radical (unpaired) electrons. The number of sulfone groups is 1. The molecule has 6 aromatic carbocycles. The molecule has 7 aromatic rings. The van der Waals surface area contributed by atoms with Crippen LogP contribution in [0.3, 0.4) is 0 Å². The van der Waals surface area contributed by atoms with Crippen LogP contribution >= 0.6 is 11.5 Å². The van der Waals surface area contributed by atoms with Gasteiger partial charge in [-0.05, 0) is 108 Å². The smallest absolute Gasteiger partial charge is 0.210 e. The maximum absolute atomic E-state index is 13.4. The highest BCUT2D eigenvalue weighted by atomic mass is 32.2. The molecular weight excluding hydrogens is 645 g/mol. The lowest BCUT2D eigenvalue weighted by molar-refractivity contribution is 0.595. The molecular formula is C41H30N4O2S2. The van der Waals surface area contributed by atoms with Gasteiger partial charge in [0.2, 0.25) is 9.84 Å². The molecule has 0 fully saturated rings. The predicted molar refractivity (Wildman–Crippen MR) is 198 cm³/mol. The van der Waals surface area contributed by atoms with Crippen molar-refractivity contribution < 1.29 is 8.42 Å². The van der Waals surface area contributed by atoms with Gasteiger partial charge in [0.1, 0.15) is 5.01 Å². The minimum atomic E-state index is -3.62. The summed E-state index contributed by atoms with van der Waals surface area (Å²) in [4.78, 5) is 9.87. The Labute approximate surface area is 289 Å². The topological polar surface area (TPSA) is 66.4 Å². The molecule has 1 aromatic heterocycles. The van der Waals surface area contributed by atoms with Gasteiger partial charge in [-0.3, -0.25) is 0 Å². The average Bonchev–Trinajstić information content (AvgIpc) is 3.63. The average molecular weight is 675 g/mol. The first-order valence-corrected chi connectivity index (χ1v) is 18.3. The second-order valence-corrected chi connectivity index (χ2v) is 15.4. The molecule has 0 saturated heterocycles. The van der Waals surface area contributed by atoms with E-state index in [1.165, 1.54) is 34.0 Å². The zero-order valence-electron chi connectivity index (χ0n) is 26.8. The van der Waals surface area contributed by atoms with Gasteiger partial charge in [0.05, 0.1) is 32.5 Å². The molecule has 2 aliphatic rings. The maximum atomic E-state index is 13.4. The molecule has 3 heterocycles. The van der Waals surface area contributed by atoms with Crippen LogP contribution in [-0.2, 0) is 15.3 Å². The number of hydrogen-bond donors (Lipinski definition) is 0. The van der Waals surface area contributed by atoms with Crippen molar-refractivity contribution in [1.29, 1.82) is 0 Å². The van der Waals surface area contributed by atoms with Crippen molar-refractivity contribution >= 4 is 55.5 Å². The molecule has 0 saturated carbocycles. The normalized spacial score (nSPS) is 15.1. The Hall–Kier alpha value is -5.57. The third kappa shape index (κ3) is 4.55. The van der Waals surface area contributed by atoms with Crippen LogP contribution < -0.4 is 9.80 Å². The van der Waals surface area contributed by atoms with Crippen molar-refractivity contribution in [2.24, 2.45) is 0 Å². The highest BCUT2D eigenvalue weighted by molar-refractivity contribution is 7.92. The molecule has 49 heavy (non-hydrogen) atoms. The van der Waals surface area contributed by atoms with Crippen LogP contribution in [0.4, 0.5) is 34.1 Å². The SMILES string of the molecule is CC1(C)c2ccccc2N(c2ccc(-c3nsc(-c4ccc(N5c6ccccc6S(=O)(=O)c6ccccc65)cc4)n3)cc2)c2ccccc21. The van der Waals surface area contributed by atoms with Gasteiger partial charge in [-0.15, -0.1) is 0 Å². The predicted octanol–water partition coefficient (Wildman–Crippen LogP) is 10.6. The van der Waals surface area contributed by atoms with E-state index in [1.807, 2.05) is 53.4 Å². The third-order valence-corrected chi connectivity index (χ3v) is 12.2. The van der Waals surface area contributed by atoms with E-state index in [1.54, 1.807) is 24.3 Å². The number of hydrogen-bond acceptors (Lipinski definition) is 7. The molecule has 0 N–H and O–H groups in total. The van der Waals surface area contributed by atoms with Crippen molar-refractivity contribution in [2.45, 2.75) is 29.1 Å². The molecule has 0 aliphatic carbocycles. The van der Waals surface area contributed by atoms with Gasteiger partial charge in [0.25, 0.3) is 0 Å². The van der Waals surface area contributed by atoms with E-state index >= 15 is 0 Å². The van der Waals surface area contributed by atoms with Crippen LogP contribution in [0.15, 0.2) is 155 Å². The summed E-state index contributed by atoms with van der Waals surface area (Å²) in [6.45, 7) is 4.59. The summed E-state index contributed by atoms with van der Waals surface area (Å²) in [6.07, 6.45) is 0. The molecule has 0 atom stereocenters. The van der Waals surface area contributed by atoms with Crippen molar-refractivity contribution in [2.75, 3.05) is 9.80 Å². The Bertz CT molecular complexity index is 2400. The van der Waals surface area contributed by atoms with E-state index in [9.17, 15) is 8.42 Å². The number of para-hydroxylation sites is 4. The summed E-state index contributed by atoms with van der Waals surface area (Å²) in [5, 5.41) is 0.814. The summed E-state index contributed by atoms with van der Waals surface area (Å²) < 4.78 is 31.5. The Balaban J connectivity index is 1.02. The molecule has 0 amide bonds. The second-order valence-electron chi connectivity index (χ2n) is 12.8. The number of rotatable bonds is 4. The molecule has 2 aliphatic heterocycles. The Morgan fingerprint density at radius 2 is 0.959 bits per heavy atom. The largest absolute Gasteiger partial charge is 0.310 e. The molecule has 0 bridgehead atoms. The Morgan fingerprint density at radius 1 is 0.531 bits per heavy atom. The number of nitrogens with zero attached hydrogens (tertiary/aromatic N) is 4. The monoisotopic (exact) mass is 674 g/mol. The molecule has 8 heteroatoms. The molecule has 9 rings (SSSR count). The summed E-state index contributed by atoms with van der Waals surface area (Å²) >= 11 is 1.36. The van der Waals surface area contributed by atoms with Crippen LogP contribution in [0.5, 0.6) is 0 Å². The minimum absolute atomic E-state index is 0.105. The fourth-order valence-electron chi connectivity index (χ4n) is 7.18. The highest BCUT2D eigenvalue weighted by Gasteiger charge is 2.37. The van der Waals surface area contributed by atoms with Crippen LogP contribution in [0.1, 0.15) is 25.0 Å². The first kappa shape index (κ1) is 29.6. The molecule has 0 unspecified atom stereocenters. The number of aromatic nitrogens is 2. The van der Waals surface area contributed by atoms with Crippen LogP contribution in [0.2, 0.25) is 0 Å². The lowest BCUT2D eigenvalue weighted by Gasteiger charge is -2.42. The summed E-state index contributed by atoms with van der Waals surface area (Å²) in [5.74, 6) is 0.681. The van der Waals surface area contributed by atoms with E-state index in [2.05, 4.69) is 91.5 Å². The summed E-state index contributed by atoms with van der Waals surface area (Å²) in [6, 6.07) is 48.1. The number of benzene rings is 6. The second kappa shape index (κ2) is 11.0. The highest BCUT2D eigenvalue weighted by Crippen LogP contribution is 2.52. The van der Waals surface area contributed by atoms with Gasteiger partial charge in [-0.25, -0.2) is 13.4 Å². The third-order valence-electron chi connectivity index (χ3n) is 9.61. The molecule has 238 valence electrons. The van der Waals surface area contributed by atoms with Gasteiger partial charge in [-0.2, -0.15) is 4.37 Å². The van der Waals surface area contributed by atoms with Crippen molar-refractivity contribution in [3.05, 3.63) is 157 Å². The van der Waals surface area contributed by atoms with Gasteiger partial charge in [0.15, 0.2) is 5.82 Å². The van der Waals surface area contributed by atoms with E-state index in [0.29, 0.717) is 27.0 Å². The zero-order valence-corrected chi connectivity index (χ0v) is 28.4. The first-order valence-electron chi connectivity index (χ1n) is 16.1. The quantitative estimate of drug-likeness (QED) is 0.185. The lowest BCUT2D eigenvalue weighted by atomic mass is 9.73. The van der Waals surface area contributed by atoms with E-state index in [4.69, 9.17) is 9.36 Å². The van der Waals surface area contributed by atoms with Gasteiger partial charge in [-0.1, -0.05) is 74.5 Å². The fourth-order valence-corrected chi connectivity index (χ4v) is 9.49. The number of anilines is 6. The zero-order chi connectivity index (χ0) is 33.3. The van der Waals surface area contributed by atoms with Gasteiger partial charge < -0.3 is 9.80 Å². The van der Waals surface area contributed by atoms with Crippen LogP contribution in [0.25, 0.3) is 22.0 Å². The van der Waals surface area contributed by atoms with E-state index in [0.717, 1.165) is 27.5 Å². The Kier molecular flexibility index (Phi) is 6.63. The molecule has 0 spiro atoms. The standard InChI is InChI=1S/C41H30N4O2S2/c1-41(2)31-11-3-5-13-33(31)44(34-14-6-4-12-32(34)41)29-23-19-27(20-24-29)39-42-40(48-43-39)28-21-25-30(26-22-28)45-35-15-7-9-17-37(35)49(46,47)38-18-10-8-16-36(38)45/h3-26H,1-2H3. The summed E-state index contributed by atoms with van der Waals surface area (Å²) in [5.41, 5.74) is 9.98. The van der Waals surface area contributed by atoms with Crippen molar-refractivity contribution in [3.8, 4) is 22.0 Å². The van der Waals surface area contributed by atoms with Crippen LogP contribution in [-0.4, -0.2) is 17.8 Å².